The van der Waals surface area contributed by atoms with Crippen LogP contribution < -0.4 is 9.47 Å². The lowest BCUT2D eigenvalue weighted by molar-refractivity contribution is -0.122. The summed E-state index contributed by atoms with van der Waals surface area (Å²) >= 11 is 6.92. The number of carbonyl (C=O) groups is 1. The summed E-state index contributed by atoms with van der Waals surface area (Å²) in [6.45, 7) is 5.21. The topological polar surface area (TPSA) is 56.6 Å². The normalized spacial score (nSPS) is 14.3. The molecule has 1 amide bonds. The minimum absolute atomic E-state index is 0.112. The summed E-state index contributed by atoms with van der Waals surface area (Å²) in [5.41, 5.74) is 5.57. The molecule has 0 saturated carbocycles. The number of ether oxygens (including phenoxy) is 2. The van der Waals surface area contributed by atoms with Crippen LogP contribution in [-0.4, -0.2) is 38.6 Å². The van der Waals surface area contributed by atoms with E-state index in [0.717, 1.165) is 51.6 Å². The first kappa shape index (κ1) is 26.7. The van der Waals surface area contributed by atoms with Gasteiger partial charge in [0.25, 0.3) is 5.91 Å². The number of methoxy groups -OCH3 is 1. The fraction of sp³-hybridized carbons (Fsp3) is 0.194. The molecule has 1 fully saturated rings. The number of hydrogen-bond donors (Lipinski definition) is 0. The summed E-state index contributed by atoms with van der Waals surface area (Å²) < 4.78 is 13.5. The third-order valence-electron chi connectivity index (χ3n) is 6.35. The minimum atomic E-state index is -0.112. The highest BCUT2D eigenvalue weighted by atomic mass is 32.2. The van der Waals surface area contributed by atoms with Crippen LogP contribution in [0.15, 0.2) is 83.9 Å². The highest BCUT2D eigenvalue weighted by Gasteiger charge is 2.32. The van der Waals surface area contributed by atoms with Gasteiger partial charge < -0.3 is 9.47 Å². The van der Waals surface area contributed by atoms with Gasteiger partial charge in [-0.15, -0.1) is 0 Å². The predicted octanol–water partition coefficient (Wildman–Crippen LogP) is 7.05. The number of amides is 1. The van der Waals surface area contributed by atoms with E-state index in [1.165, 1.54) is 11.8 Å². The molecule has 2 heterocycles. The molecule has 198 valence electrons. The second-order valence-corrected chi connectivity index (χ2v) is 10.8. The Morgan fingerprint density at radius 1 is 1.03 bits per heavy atom. The van der Waals surface area contributed by atoms with Crippen LogP contribution in [0, 0.1) is 6.92 Å². The number of hydrogen-bond acceptors (Lipinski definition) is 6. The van der Waals surface area contributed by atoms with Gasteiger partial charge in [-0.1, -0.05) is 61.2 Å². The fourth-order valence-corrected chi connectivity index (χ4v) is 5.56. The lowest BCUT2D eigenvalue weighted by atomic mass is 10.0. The number of aromatic nitrogens is 2. The zero-order chi connectivity index (χ0) is 27.4. The first-order chi connectivity index (χ1) is 19.0. The third kappa shape index (κ3) is 5.92. The summed E-state index contributed by atoms with van der Waals surface area (Å²) in [7, 11) is 1.63. The number of aryl methyl sites for hydroxylation is 1. The van der Waals surface area contributed by atoms with Crippen LogP contribution in [0.2, 0.25) is 0 Å². The van der Waals surface area contributed by atoms with Crippen molar-refractivity contribution in [2.45, 2.75) is 26.8 Å². The molecule has 0 radical (unpaired) electrons. The molecule has 0 N–H and O–H groups in total. The number of para-hydroxylation sites is 1. The van der Waals surface area contributed by atoms with E-state index < -0.39 is 0 Å². The van der Waals surface area contributed by atoms with Gasteiger partial charge in [-0.25, -0.2) is 4.68 Å². The molecule has 1 saturated heterocycles. The highest BCUT2D eigenvalue weighted by molar-refractivity contribution is 8.26. The maximum atomic E-state index is 13.5. The zero-order valence-electron chi connectivity index (χ0n) is 22.1. The van der Waals surface area contributed by atoms with Crippen molar-refractivity contribution < 1.29 is 14.3 Å². The molecular weight excluding hydrogens is 526 g/mol. The van der Waals surface area contributed by atoms with Crippen LogP contribution in [-0.2, 0) is 11.3 Å². The Bertz CT molecular complexity index is 1530. The number of benzene rings is 3. The van der Waals surface area contributed by atoms with Crippen LogP contribution in [0.4, 0.5) is 0 Å². The van der Waals surface area contributed by atoms with Crippen LogP contribution in [0.1, 0.15) is 30.0 Å². The molecule has 4 aromatic rings. The van der Waals surface area contributed by atoms with Crippen molar-refractivity contribution >= 4 is 40.3 Å². The first-order valence-corrected chi connectivity index (χ1v) is 14.0. The summed E-state index contributed by atoms with van der Waals surface area (Å²) in [6, 6.07) is 23.6. The molecule has 0 atom stereocenters. The van der Waals surface area contributed by atoms with Crippen molar-refractivity contribution in [3.05, 3.63) is 101 Å². The average Bonchev–Trinajstić information content (AvgIpc) is 3.49. The Balaban J connectivity index is 1.49. The number of rotatable bonds is 9. The fourth-order valence-electron chi connectivity index (χ4n) is 4.32. The van der Waals surface area contributed by atoms with E-state index >= 15 is 0 Å². The molecule has 1 aliphatic rings. The Morgan fingerprint density at radius 2 is 1.77 bits per heavy atom. The Kier molecular flexibility index (Phi) is 8.14. The van der Waals surface area contributed by atoms with Crippen molar-refractivity contribution in [3.8, 4) is 28.4 Å². The Morgan fingerprint density at radius 3 is 2.46 bits per heavy atom. The van der Waals surface area contributed by atoms with E-state index in [9.17, 15) is 4.79 Å². The molecular formula is C31H29N3O3S2. The maximum Gasteiger partial charge on any atom is 0.266 e. The van der Waals surface area contributed by atoms with Crippen molar-refractivity contribution in [3.63, 3.8) is 0 Å². The molecule has 1 aliphatic heterocycles. The second-order valence-electron chi connectivity index (χ2n) is 9.15. The SMILES string of the molecule is CCCOc1ccc(-c2nn(-c3ccccc3)cc2C=C2SC(=S)N(Cc3ccc(OC)cc3)C2=O)c(C)c1. The maximum absolute atomic E-state index is 13.5. The largest absolute Gasteiger partial charge is 0.497 e. The van der Waals surface area contributed by atoms with Gasteiger partial charge in [-0.2, -0.15) is 5.10 Å². The van der Waals surface area contributed by atoms with Gasteiger partial charge in [0.05, 0.1) is 30.9 Å². The van der Waals surface area contributed by atoms with E-state index in [0.29, 0.717) is 22.4 Å². The molecule has 6 nitrogen and oxygen atoms in total. The molecule has 0 bridgehead atoms. The Hall–Kier alpha value is -3.88. The lowest BCUT2D eigenvalue weighted by Crippen LogP contribution is -2.27. The minimum Gasteiger partial charge on any atom is -0.497 e. The smallest absolute Gasteiger partial charge is 0.266 e. The summed E-state index contributed by atoms with van der Waals surface area (Å²) in [5.74, 6) is 1.49. The van der Waals surface area contributed by atoms with Gasteiger partial charge in [0.15, 0.2) is 0 Å². The lowest BCUT2D eigenvalue weighted by Gasteiger charge is -2.14. The molecule has 1 aromatic heterocycles. The number of carbonyl (C=O) groups excluding carboxylic acids is 1. The van der Waals surface area contributed by atoms with E-state index in [1.807, 2.05) is 96.7 Å². The van der Waals surface area contributed by atoms with Crippen molar-refractivity contribution in [1.82, 2.24) is 14.7 Å². The van der Waals surface area contributed by atoms with Crippen LogP contribution in [0.3, 0.4) is 0 Å². The average molecular weight is 556 g/mol. The molecule has 8 heteroatoms. The molecule has 3 aromatic carbocycles. The molecule has 0 spiro atoms. The van der Waals surface area contributed by atoms with Crippen molar-refractivity contribution in [2.24, 2.45) is 0 Å². The van der Waals surface area contributed by atoms with E-state index in [1.54, 1.807) is 12.0 Å². The zero-order valence-corrected chi connectivity index (χ0v) is 23.7. The molecule has 0 aliphatic carbocycles. The molecule has 0 unspecified atom stereocenters. The number of thioether (sulfide) groups is 1. The summed E-state index contributed by atoms with van der Waals surface area (Å²) in [4.78, 5) is 15.7. The highest BCUT2D eigenvalue weighted by Crippen LogP contribution is 2.37. The third-order valence-corrected chi connectivity index (χ3v) is 7.73. The quantitative estimate of drug-likeness (QED) is 0.163. The van der Waals surface area contributed by atoms with Gasteiger partial charge in [-0.3, -0.25) is 9.69 Å². The van der Waals surface area contributed by atoms with E-state index in [2.05, 4.69) is 6.92 Å². The van der Waals surface area contributed by atoms with Gasteiger partial charge in [0, 0.05) is 17.3 Å². The van der Waals surface area contributed by atoms with Gasteiger partial charge in [0.1, 0.15) is 21.5 Å². The van der Waals surface area contributed by atoms with Crippen LogP contribution in [0.25, 0.3) is 23.0 Å². The number of thiocarbonyl (C=S) groups is 1. The van der Waals surface area contributed by atoms with E-state index in [4.69, 9.17) is 26.8 Å². The van der Waals surface area contributed by atoms with Crippen LogP contribution in [0.5, 0.6) is 11.5 Å². The number of nitrogens with zero attached hydrogens (tertiary/aromatic N) is 3. The van der Waals surface area contributed by atoms with Crippen molar-refractivity contribution in [2.75, 3.05) is 13.7 Å². The Labute approximate surface area is 238 Å². The summed E-state index contributed by atoms with van der Waals surface area (Å²) in [5, 5.41) is 4.94. The predicted molar refractivity (Wildman–Crippen MR) is 161 cm³/mol. The monoisotopic (exact) mass is 555 g/mol. The molecule has 39 heavy (non-hydrogen) atoms. The summed E-state index contributed by atoms with van der Waals surface area (Å²) in [6.07, 6.45) is 4.81. The van der Waals surface area contributed by atoms with E-state index in [-0.39, 0.29) is 5.91 Å². The van der Waals surface area contributed by atoms with Gasteiger partial charge >= 0.3 is 0 Å². The van der Waals surface area contributed by atoms with Crippen molar-refractivity contribution in [1.29, 1.82) is 0 Å². The van der Waals surface area contributed by atoms with Gasteiger partial charge in [0.2, 0.25) is 0 Å². The second kappa shape index (κ2) is 11.9. The molecule has 5 rings (SSSR count). The van der Waals surface area contributed by atoms with Crippen LogP contribution >= 0.6 is 24.0 Å². The first-order valence-electron chi connectivity index (χ1n) is 12.7. The standard InChI is InChI=1S/C31H29N3O3S2/c1-4-16-37-26-14-15-27(21(2)17-26)29-23(20-34(32-29)24-8-6-5-7-9-24)18-28-30(35)33(31(38)39-28)19-22-10-12-25(36-3)13-11-22/h5-15,17-18,20H,4,16,19H2,1-3H3. The van der Waals surface area contributed by atoms with Gasteiger partial charge in [-0.05, 0) is 73.0 Å².